The van der Waals surface area contributed by atoms with Crippen molar-refractivity contribution in [3.63, 3.8) is 0 Å². The molecule has 6 atom stereocenters. The first kappa shape index (κ1) is 24.1. The van der Waals surface area contributed by atoms with E-state index >= 15 is 0 Å². The third-order valence-electron chi connectivity index (χ3n) is 11.3. The van der Waals surface area contributed by atoms with E-state index in [1.165, 1.54) is 5.57 Å². The molecule has 36 heavy (non-hydrogen) atoms. The summed E-state index contributed by atoms with van der Waals surface area (Å²) in [6, 6.07) is 2.08. The van der Waals surface area contributed by atoms with Gasteiger partial charge in [-0.1, -0.05) is 20.8 Å². The molecule has 4 aliphatic carbocycles. The average molecular weight is 493 g/mol. The van der Waals surface area contributed by atoms with Crippen LogP contribution in [0.15, 0.2) is 17.7 Å². The standard InChI is InChI=1S/C31H40O5/c1-17-24-19(14-22-25(17)36-27(2,3)35-22)30(6)9-8-18-20-16-29(5,26(33)34)11-10-28(20,4)12-13-31(18,7)23(30)15-21(24)32/h14-15,18,20H,8-13,16H2,1-7H3,(H,33,34)/t18?,20?,28?,29-,30?,31?/m1/s1. The summed E-state index contributed by atoms with van der Waals surface area (Å²) in [6.45, 7) is 14.8. The molecule has 0 aromatic heterocycles. The number of carboxylic acids is 1. The molecule has 5 aliphatic rings. The lowest BCUT2D eigenvalue weighted by Crippen LogP contribution is -2.57. The molecule has 1 heterocycles. The average Bonchev–Trinajstić information content (AvgIpc) is 3.11. The number of benzene rings is 1. The van der Waals surface area contributed by atoms with Crippen LogP contribution in [0.2, 0.25) is 0 Å². The smallest absolute Gasteiger partial charge is 0.309 e. The largest absolute Gasteiger partial charge is 0.481 e. The SMILES string of the molecule is Cc1c2c(cc3c1C(=O)C=C1C3(C)CCC3C4C[C@](C)(C(=O)O)CCC4(C)CCC13C)OC(C)(C)O2. The number of hydrogen-bond donors (Lipinski definition) is 1. The highest BCUT2D eigenvalue weighted by molar-refractivity contribution is 6.10. The molecule has 3 saturated carbocycles. The highest BCUT2D eigenvalue weighted by Crippen LogP contribution is 2.69. The van der Waals surface area contributed by atoms with Crippen molar-refractivity contribution in [2.45, 2.75) is 105 Å². The van der Waals surface area contributed by atoms with Crippen LogP contribution in [0.1, 0.15) is 108 Å². The van der Waals surface area contributed by atoms with Gasteiger partial charge in [0.05, 0.1) is 5.41 Å². The molecule has 0 saturated heterocycles. The minimum Gasteiger partial charge on any atom is -0.481 e. The van der Waals surface area contributed by atoms with Crippen LogP contribution in [0.4, 0.5) is 0 Å². The second kappa shape index (κ2) is 6.96. The molecule has 6 rings (SSSR count). The van der Waals surface area contributed by atoms with Gasteiger partial charge in [-0.05, 0) is 105 Å². The van der Waals surface area contributed by atoms with Crippen molar-refractivity contribution in [3.8, 4) is 11.5 Å². The zero-order chi connectivity index (χ0) is 26.1. The number of rotatable bonds is 1. The number of ether oxygens (including phenoxy) is 2. The normalized spacial score (nSPS) is 42.0. The lowest BCUT2D eigenvalue weighted by atomic mass is 9.40. The van der Waals surface area contributed by atoms with Gasteiger partial charge in [0.2, 0.25) is 5.79 Å². The predicted octanol–water partition coefficient (Wildman–Crippen LogP) is 6.99. The van der Waals surface area contributed by atoms with Crippen LogP contribution in [0.5, 0.6) is 11.5 Å². The Bertz CT molecular complexity index is 1240. The van der Waals surface area contributed by atoms with Crippen LogP contribution in [0.3, 0.4) is 0 Å². The molecule has 3 fully saturated rings. The van der Waals surface area contributed by atoms with Gasteiger partial charge in [0.25, 0.3) is 0 Å². The van der Waals surface area contributed by atoms with Crippen molar-refractivity contribution in [2.24, 2.45) is 28.1 Å². The maximum absolute atomic E-state index is 13.8. The molecule has 1 aromatic carbocycles. The van der Waals surface area contributed by atoms with Crippen LogP contribution in [-0.2, 0) is 10.2 Å². The molecule has 0 amide bonds. The summed E-state index contributed by atoms with van der Waals surface area (Å²) in [5.74, 6) is 0.834. The number of carbonyl (C=O) groups is 2. The molecule has 1 aromatic rings. The Kier molecular flexibility index (Phi) is 4.65. The number of carbonyl (C=O) groups excluding carboxylic acids is 1. The van der Waals surface area contributed by atoms with Crippen molar-refractivity contribution in [2.75, 3.05) is 0 Å². The Balaban J connectivity index is 1.45. The van der Waals surface area contributed by atoms with Crippen LogP contribution < -0.4 is 9.47 Å². The van der Waals surface area contributed by atoms with Gasteiger partial charge in [-0.3, -0.25) is 9.59 Å². The maximum Gasteiger partial charge on any atom is 0.309 e. The van der Waals surface area contributed by atoms with Gasteiger partial charge >= 0.3 is 5.97 Å². The Morgan fingerprint density at radius 3 is 2.36 bits per heavy atom. The lowest BCUT2D eigenvalue weighted by molar-refractivity contribution is -0.160. The summed E-state index contributed by atoms with van der Waals surface area (Å²) in [7, 11) is 0. The number of hydrogen-bond acceptors (Lipinski definition) is 4. The van der Waals surface area contributed by atoms with E-state index in [1.54, 1.807) is 0 Å². The Morgan fingerprint density at radius 2 is 1.67 bits per heavy atom. The first-order valence-corrected chi connectivity index (χ1v) is 13.7. The highest BCUT2D eigenvalue weighted by Gasteiger charge is 2.62. The number of allylic oxidation sites excluding steroid dienone is 2. The van der Waals surface area contributed by atoms with E-state index in [0.29, 0.717) is 17.6 Å². The predicted molar refractivity (Wildman–Crippen MR) is 138 cm³/mol. The third kappa shape index (κ3) is 2.95. The minimum absolute atomic E-state index is 0.0697. The van der Waals surface area contributed by atoms with Crippen molar-refractivity contribution in [1.29, 1.82) is 0 Å². The lowest BCUT2D eigenvalue weighted by Gasteiger charge is -2.64. The maximum atomic E-state index is 13.8. The van der Waals surface area contributed by atoms with Crippen molar-refractivity contribution in [1.82, 2.24) is 0 Å². The Labute approximate surface area is 214 Å². The fourth-order valence-electron chi connectivity index (χ4n) is 9.01. The van der Waals surface area contributed by atoms with Gasteiger partial charge in [-0.25, -0.2) is 0 Å². The molecule has 5 nitrogen and oxygen atoms in total. The molecule has 0 radical (unpaired) electrons. The molecular formula is C31H40O5. The van der Waals surface area contributed by atoms with E-state index in [2.05, 4.69) is 26.8 Å². The number of fused-ring (bicyclic) bond motifs is 8. The summed E-state index contributed by atoms with van der Waals surface area (Å²) < 4.78 is 12.2. The minimum atomic E-state index is -0.744. The van der Waals surface area contributed by atoms with Gasteiger partial charge in [0.1, 0.15) is 0 Å². The second-order valence-corrected chi connectivity index (χ2v) is 14.0. The van der Waals surface area contributed by atoms with Gasteiger partial charge in [0.15, 0.2) is 17.3 Å². The molecule has 1 aliphatic heterocycles. The van der Waals surface area contributed by atoms with Gasteiger partial charge in [-0.2, -0.15) is 0 Å². The van der Waals surface area contributed by atoms with E-state index in [-0.39, 0.29) is 22.0 Å². The van der Waals surface area contributed by atoms with Gasteiger partial charge in [-0.15, -0.1) is 0 Å². The van der Waals surface area contributed by atoms with Crippen molar-refractivity contribution in [3.05, 3.63) is 34.4 Å². The quantitative estimate of drug-likeness (QED) is 0.457. The van der Waals surface area contributed by atoms with Gasteiger partial charge in [0, 0.05) is 30.4 Å². The van der Waals surface area contributed by atoms with Crippen molar-refractivity contribution < 1.29 is 24.2 Å². The van der Waals surface area contributed by atoms with E-state index in [0.717, 1.165) is 67.4 Å². The molecule has 5 heteroatoms. The number of carboxylic acid groups (broad SMARTS) is 1. The summed E-state index contributed by atoms with van der Waals surface area (Å²) in [6.07, 6.45) is 8.57. The fraction of sp³-hybridized carbons (Fsp3) is 0.677. The molecular weight excluding hydrogens is 452 g/mol. The first-order chi connectivity index (χ1) is 16.6. The highest BCUT2D eigenvalue weighted by atomic mass is 16.7. The van der Waals surface area contributed by atoms with Gasteiger partial charge < -0.3 is 14.6 Å². The van der Waals surface area contributed by atoms with E-state index in [9.17, 15) is 14.7 Å². The Hall–Kier alpha value is -2.30. The summed E-state index contributed by atoms with van der Waals surface area (Å²) in [4.78, 5) is 26.0. The van der Waals surface area contributed by atoms with E-state index in [1.807, 2.05) is 33.8 Å². The van der Waals surface area contributed by atoms with Crippen LogP contribution in [0.25, 0.3) is 0 Å². The van der Waals surface area contributed by atoms with Crippen molar-refractivity contribution >= 4 is 11.8 Å². The fourth-order valence-corrected chi connectivity index (χ4v) is 9.01. The molecule has 1 N–H and O–H groups in total. The molecule has 0 bridgehead atoms. The second-order valence-electron chi connectivity index (χ2n) is 14.0. The van der Waals surface area contributed by atoms with E-state index in [4.69, 9.17) is 9.47 Å². The van der Waals surface area contributed by atoms with E-state index < -0.39 is 17.2 Å². The zero-order valence-electron chi connectivity index (χ0n) is 22.8. The summed E-state index contributed by atoms with van der Waals surface area (Å²) in [5, 5.41) is 10.1. The zero-order valence-corrected chi connectivity index (χ0v) is 22.8. The third-order valence-corrected chi connectivity index (χ3v) is 11.3. The molecule has 5 unspecified atom stereocenters. The van der Waals surface area contributed by atoms with Crippen LogP contribution in [0, 0.1) is 35.0 Å². The number of ketones is 1. The monoisotopic (exact) mass is 492 g/mol. The molecule has 0 spiro atoms. The first-order valence-electron chi connectivity index (χ1n) is 13.7. The summed E-state index contributed by atoms with van der Waals surface area (Å²) in [5.41, 5.74) is 3.14. The van der Waals surface area contributed by atoms with Crippen LogP contribution in [-0.4, -0.2) is 22.6 Å². The number of aliphatic carboxylic acids is 1. The Morgan fingerprint density at radius 1 is 0.972 bits per heavy atom. The van der Waals surface area contributed by atoms with Crippen LogP contribution >= 0.6 is 0 Å². The summed E-state index contributed by atoms with van der Waals surface area (Å²) >= 11 is 0. The molecule has 194 valence electrons. The topological polar surface area (TPSA) is 72.8 Å².